The normalized spacial score (nSPS) is 10.8. The van der Waals surface area contributed by atoms with Crippen LogP contribution in [0.1, 0.15) is 11.1 Å². The van der Waals surface area contributed by atoms with Crippen molar-refractivity contribution in [3.05, 3.63) is 65.9 Å². The summed E-state index contributed by atoms with van der Waals surface area (Å²) in [5.74, 6) is 0. The molecule has 1 aromatic heterocycles. The van der Waals surface area contributed by atoms with Crippen molar-refractivity contribution in [1.82, 2.24) is 0 Å². The molecule has 3 aromatic rings. The van der Waals surface area contributed by atoms with Crippen LogP contribution in [0.3, 0.4) is 0 Å². The molecule has 0 aliphatic carbocycles. The van der Waals surface area contributed by atoms with Crippen molar-refractivity contribution in [1.29, 1.82) is 0 Å². The molecule has 96 valence electrons. The standard InChI is InChI=1S/C16H15NO2/c18-10-12-5-7-14(8-6-12)17-9-13-11-19-16-4-2-1-3-15(13)16/h1-8,11,17-18H,9-10H2. The molecule has 3 heteroatoms. The summed E-state index contributed by atoms with van der Waals surface area (Å²) in [7, 11) is 0. The zero-order chi connectivity index (χ0) is 13.1. The summed E-state index contributed by atoms with van der Waals surface area (Å²) in [6.45, 7) is 0.794. The molecular weight excluding hydrogens is 238 g/mol. The number of anilines is 1. The van der Waals surface area contributed by atoms with Crippen molar-refractivity contribution in [3.63, 3.8) is 0 Å². The van der Waals surface area contributed by atoms with E-state index in [0.717, 1.165) is 34.3 Å². The summed E-state index contributed by atoms with van der Waals surface area (Å²) in [6, 6.07) is 15.8. The van der Waals surface area contributed by atoms with E-state index >= 15 is 0 Å². The minimum Gasteiger partial charge on any atom is -0.464 e. The van der Waals surface area contributed by atoms with Gasteiger partial charge in [-0.3, -0.25) is 0 Å². The van der Waals surface area contributed by atoms with Crippen LogP contribution in [0.25, 0.3) is 11.0 Å². The highest BCUT2D eigenvalue weighted by Gasteiger charge is 2.04. The van der Waals surface area contributed by atoms with Crippen LogP contribution in [-0.4, -0.2) is 5.11 Å². The lowest BCUT2D eigenvalue weighted by Crippen LogP contribution is -1.98. The first-order valence-electron chi connectivity index (χ1n) is 6.25. The van der Waals surface area contributed by atoms with E-state index in [9.17, 15) is 0 Å². The average molecular weight is 253 g/mol. The highest BCUT2D eigenvalue weighted by molar-refractivity contribution is 5.81. The third-order valence-electron chi connectivity index (χ3n) is 3.18. The van der Waals surface area contributed by atoms with Gasteiger partial charge in [-0.15, -0.1) is 0 Å². The summed E-state index contributed by atoms with van der Waals surface area (Å²) in [5, 5.41) is 13.5. The van der Waals surface area contributed by atoms with E-state index in [1.165, 1.54) is 0 Å². The van der Waals surface area contributed by atoms with Gasteiger partial charge in [-0.1, -0.05) is 30.3 Å². The Morgan fingerprint density at radius 2 is 1.79 bits per heavy atom. The number of furan rings is 1. The zero-order valence-electron chi connectivity index (χ0n) is 10.5. The number of hydrogen-bond acceptors (Lipinski definition) is 3. The van der Waals surface area contributed by atoms with Gasteiger partial charge in [0.1, 0.15) is 5.58 Å². The molecule has 1 heterocycles. The fraction of sp³-hybridized carbons (Fsp3) is 0.125. The van der Waals surface area contributed by atoms with Gasteiger partial charge in [0.15, 0.2) is 0 Å². The second-order valence-electron chi connectivity index (χ2n) is 4.47. The van der Waals surface area contributed by atoms with Gasteiger partial charge in [0, 0.05) is 23.2 Å². The first-order chi connectivity index (χ1) is 9.36. The first kappa shape index (κ1) is 11.8. The van der Waals surface area contributed by atoms with Gasteiger partial charge in [-0.25, -0.2) is 0 Å². The lowest BCUT2D eigenvalue weighted by molar-refractivity contribution is 0.282. The Hall–Kier alpha value is -2.26. The molecule has 0 aliphatic heterocycles. The molecule has 2 N–H and O–H groups in total. The highest BCUT2D eigenvalue weighted by atomic mass is 16.3. The van der Waals surface area contributed by atoms with Gasteiger partial charge in [-0.05, 0) is 23.8 Å². The number of para-hydroxylation sites is 1. The quantitative estimate of drug-likeness (QED) is 0.747. The van der Waals surface area contributed by atoms with Crippen molar-refractivity contribution < 1.29 is 9.52 Å². The van der Waals surface area contributed by atoms with E-state index in [1.54, 1.807) is 6.26 Å². The number of nitrogens with one attached hydrogen (secondary N) is 1. The minimum absolute atomic E-state index is 0.0760. The van der Waals surface area contributed by atoms with Crippen LogP contribution in [0.5, 0.6) is 0 Å². The molecule has 3 rings (SSSR count). The minimum atomic E-state index is 0.0760. The summed E-state index contributed by atoms with van der Waals surface area (Å²) >= 11 is 0. The van der Waals surface area contributed by atoms with E-state index in [0.29, 0.717) is 0 Å². The van der Waals surface area contributed by atoms with Gasteiger partial charge in [-0.2, -0.15) is 0 Å². The maximum Gasteiger partial charge on any atom is 0.134 e. The van der Waals surface area contributed by atoms with Gasteiger partial charge in [0.25, 0.3) is 0 Å². The Labute approximate surface area is 111 Å². The lowest BCUT2D eigenvalue weighted by Gasteiger charge is -2.05. The Balaban J connectivity index is 1.74. The van der Waals surface area contributed by atoms with E-state index in [2.05, 4.69) is 11.4 Å². The number of aliphatic hydroxyl groups is 1. The second kappa shape index (κ2) is 5.16. The maximum atomic E-state index is 8.99. The van der Waals surface area contributed by atoms with E-state index in [4.69, 9.17) is 9.52 Å². The molecule has 0 fully saturated rings. The monoisotopic (exact) mass is 253 g/mol. The van der Waals surface area contributed by atoms with Gasteiger partial charge < -0.3 is 14.8 Å². The van der Waals surface area contributed by atoms with Crippen molar-refractivity contribution in [3.8, 4) is 0 Å². The van der Waals surface area contributed by atoms with E-state index in [1.807, 2.05) is 42.5 Å². The Bertz CT molecular complexity index is 671. The van der Waals surface area contributed by atoms with Crippen LogP contribution in [-0.2, 0) is 13.2 Å². The van der Waals surface area contributed by atoms with Crippen LogP contribution in [0.2, 0.25) is 0 Å². The van der Waals surface area contributed by atoms with Gasteiger partial charge in [0.2, 0.25) is 0 Å². The largest absolute Gasteiger partial charge is 0.464 e. The number of aliphatic hydroxyl groups excluding tert-OH is 1. The van der Waals surface area contributed by atoms with Crippen LogP contribution in [0.15, 0.2) is 59.2 Å². The number of fused-ring (bicyclic) bond motifs is 1. The first-order valence-corrected chi connectivity index (χ1v) is 6.25. The Morgan fingerprint density at radius 3 is 2.58 bits per heavy atom. The highest BCUT2D eigenvalue weighted by Crippen LogP contribution is 2.21. The molecule has 0 radical (unpaired) electrons. The molecule has 0 unspecified atom stereocenters. The van der Waals surface area contributed by atoms with Crippen LogP contribution in [0, 0.1) is 0 Å². The van der Waals surface area contributed by atoms with Gasteiger partial charge >= 0.3 is 0 Å². The summed E-state index contributed by atoms with van der Waals surface area (Å²) in [5.41, 5.74) is 4.00. The molecular formula is C16H15NO2. The fourth-order valence-electron chi connectivity index (χ4n) is 2.09. The van der Waals surface area contributed by atoms with E-state index < -0.39 is 0 Å². The summed E-state index contributed by atoms with van der Waals surface area (Å²) in [6.07, 6.45) is 1.79. The van der Waals surface area contributed by atoms with Gasteiger partial charge in [0.05, 0.1) is 12.9 Å². The summed E-state index contributed by atoms with van der Waals surface area (Å²) < 4.78 is 5.50. The molecule has 0 amide bonds. The van der Waals surface area contributed by atoms with Crippen LogP contribution < -0.4 is 5.32 Å². The van der Waals surface area contributed by atoms with Crippen molar-refractivity contribution in [2.45, 2.75) is 13.2 Å². The smallest absolute Gasteiger partial charge is 0.134 e. The average Bonchev–Trinajstić information content (AvgIpc) is 2.89. The second-order valence-corrected chi connectivity index (χ2v) is 4.47. The molecule has 0 saturated carbocycles. The molecule has 3 nitrogen and oxygen atoms in total. The molecule has 0 aliphatic rings. The zero-order valence-corrected chi connectivity index (χ0v) is 10.5. The molecule has 0 bridgehead atoms. The summed E-state index contributed by atoms with van der Waals surface area (Å²) in [4.78, 5) is 0. The van der Waals surface area contributed by atoms with Crippen molar-refractivity contribution >= 4 is 16.7 Å². The topological polar surface area (TPSA) is 45.4 Å². The third kappa shape index (κ3) is 2.46. The van der Waals surface area contributed by atoms with Crippen LogP contribution >= 0.6 is 0 Å². The van der Waals surface area contributed by atoms with Crippen LogP contribution in [0.4, 0.5) is 5.69 Å². The molecule has 0 spiro atoms. The molecule has 2 aromatic carbocycles. The SMILES string of the molecule is OCc1ccc(NCc2coc3ccccc23)cc1. The van der Waals surface area contributed by atoms with Crippen molar-refractivity contribution in [2.24, 2.45) is 0 Å². The molecule has 19 heavy (non-hydrogen) atoms. The van der Waals surface area contributed by atoms with Crippen molar-refractivity contribution in [2.75, 3.05) is 5.32 Å². The third-order valence-corrected chi connectivity index (χ3v) is 3.18. The molecule has 0 saturated heterocycles. The van der Waals surface area contributed by atoms with E-state index in [-0.39, 0.29) is 6.61 Å². The maximum absolute atomic E-state index is 8.99. The predicted octanol–water partition coefficient (Wildman–Crippen LogP) is 3.54. The number of hydrogen-bond donors (Lipinski definition) is 2. The molecule has 0 atom stereocenters. The number of benzene rings is 2. The Kier molecular flexibility index (Phi) is 3.21. The fourth-order valence-corrected chi connectivity index (χ4v) is 2.09. The lowest BCUT2D eigenvalue weighted by atomic mass is 10.1. The number of rotatable bonds is 4. The predicted molar refractivity (Wildman–Crippen MR) is 75.9 cm³/mol. The Morgan fingerprint density at radius 1 is 1.00 bits per heavy atom.